The molecule has 0 spiro atoms. The Kier molecular flexibility index (Phi) is 4.26. The molecule has 0 aromatic carbocycles. The lowest BCUT2D eigenvalue weighted by atomic mass is 10.2. The smallest absolute Gasteiger partial charge is 0.266 e. The van der Waals surface area contributed by atoms with Gasteiger partial charge in [-0.15, -0.1) is 0 Å². The molecule has 1 atom stereocenters. The zero-order valence-electron chi connectivity index (χ0n) is 11.8. The highest BCUT2D eigenvalue weighted by Crippen LogP contribution is 2.27. The minimum Gasteiger partial charge on any atom is -0.377 e. The van der Waals surface area contributed by atoms with Crippen molar-refractivity contribution in [3.8, 4) is 0 Å². The first kappa shape index (κ1) is 14.2. The third-order valence-corrected chi connectivity index (χ3v) is 4.31. The molecule has 1 aliphatic heterocycles. The summed E-state index contributed by atoms with van der Waals surface area (Å²) >= 11 is 1.38. The fourth-order valence-corrected chi connectivity index (χ4v) is 3.32. The van der Waals surface area contributed by atoms with Crippen LogP contribution < -0.4 is 10.5 Å². The largest absolute Gasteiger partial charge is 0.377 e. The number of hydrogen-bond acceptors (Lipinski definition) is 7. The molecule has 0 bridgehead atoms. The van der Waals surface area contributed by atoms with E-state index >= 15 is 0 Å². The Balaban J connectivity index is 1.76. The van der Waals surface area contributed by atoms with Crippen LogP contribution >= 0.6 is 11.5 Å². The predicted octanol–water partition coefficient (Wildman–Crippen LogP) is 0.910. The summed E-state index contributed by atoms with van der Waals surface area (Å²) in [6.07, 6.45) is 3.76. The Morgan fingerprint density at radius 3 is 3.24 bits per heavy atom. The fourth-order valence-electron chi connectivity index (χ4n) is 2.55. The van der Waals surface area contributed by atoms with Crippen molar-refractivity contribution in [3.63, 3.8) is 0 Å². The summed E-state index contributed by atoms with van der Waals surface area (Å²) in [6, 6.07) is 3.43. The Hall–Kier alpha value is -1.80. The van der Waals surface area contributed by atoms with Crippen molar-refractivity contribution in [2.24, 2.45) is 0 Å². The summed E-state index contributed by atoms with van der Waals surface area (Å²) in [5.74, 6) is 0.707. The molecule has 8 heteroatoms. The molecule has 0 saturated carbocycles. The molecule has 0 aliphatic carbocycles. The van der Waals surface area contributed by atoms with Gasteiger partial charge in [-0.1, -0.05) is 0 Å². The predicted molar refractivity (Wildman–Crippen MR) is 79.5 cm³/mol. The molecule has 1 unspecified atom stereocenters. The van der Waals surface area contributed by atoms with Crippen LogP contribution in [-0.2, 0) is 17.9 Å². The molecular formula is C13H17N5O2S. The standard InChI is InChI=1S/C13H17N5O2S/c1-20-9-11-15-13(21-16-11)17-7-3-4-10(17)8-18-12(19)5-2-6-14-18/h2,5-6,10H,3-4,7-9H2,1H3. The summed E-state index contributed by atoms with van der Waals surface area (Å²) in [6.45, 7) is 1.95. The second-order valence-corrected chi connectivity index (χ2v) is 5.69. The minimum atomic E-state index is -0.0679. The van der Waals surface area contributed by atoms with Gasteiger partial charge in [0, 0.05) is 37.5 Å². The molecule has 0 N–H and O–H groups in total. The second-order valence-electron chi connectivity index (χ2n) is 4.96. The first-order valence-electron chi connectivity index (χ1n) is 6.88. The van der Waals surface area contributed by atoms with Crippen LogP contribution in [0, 0.1) is 0 Å². The number of aromatic nitrogens is 4. The molecule has 0 radical (unpaired) electrons. The molecule has 1 aliphatic rings. The average molecular weight is 307 g/mol. The summed E-state index contributed by atoms with van der Waals surface area (Å²) in [5, 5.41) is 5.03. The summed E-state index contributed by atoms with van der Waals surface area (Å²) in [4.78, 5) is 18.5. The zero-order chi connectivity index (χ0) is 14.7. The first-order valence-corrected chi connectivity index (χ1v) is 7.65. The maximum atomic E-state index is 11.8. The maximum absolute atomic E-state index is 11.8. The van der Waals surface area contributed by atoms with Gasteiger partial charge in [0.15, 0.2) is 5.82 Å². The van der Waals surface area contributed by atoms with Crippen molar-refractivity contribution < 1.29 is 4.74 Å². The normalized spacial score (nSPS) is 18.3. The molecular weight excluding hydrogens is 290 g/mol. The number of hydrogen-bond donors (Lipinski definition) is 0. The Labute approximate surface area is 126 Å². The van der Waals surface area contributed by atoms with Gasteiger partial charge in [0.2, 0.25) is 5.13 Å². The van der Waals surface area contributed by atoms with Crippen LogP contribution in [0.15, 0.2) is 23.1 Å². The average Bonchev–Trinajstić information content (AvgIpc) is 3.11. The number of methoxy groups -OCH3 is 1. The molecule has 7 nitrogen and oxygen atoms in total. The lowest BCUT2D eigenvalue weighted by molar-refractivity contribution is 0.179. The molecule has 1 fully saturated rings. The zero-order valence-corrected chi connectivity index (χ0v) is 12.6. The first-order chi connectivity index (χ1) is 10.3. The van der Waals surface area contributed by atoms with Crippen molar-refractivity contribution >= 4 is 16.7 Å². The summed E-state index contributed by atoms with van der Waals surface area (Å²) in [5.41, 5.74) is -0.0679. The van der Waals surface area contributed by atoms with Gasteiger partial charge < -0.3 is 9.64 Å². The van der Waals surface area contributed by atoms with E-state index in [0.29, 0.717) is 19.0 Å². The van der Waals surface area contributed by atoms with E-state index in [2.05, 4.69) is 19.4 Å². The summed E-state index contributed by atoms with van der Waals surface area (Å²) < 4.78 is 10.9. The van der Waals surface area contributed by atoms with Crippen molar-refractivity contribution in [2.45, 2.75) is 32.0 Å². The molecule has 21 heavy (non-hydrogen) atoms. The van der Waals surface area contributed by atoms with Gasteiger partial charge in [0.25, 0.3) is 5.56 Å². The molecule has 3 heterocycles. The Bertz CT molecular complexity index is 656. The highest BCUT2D eigenvalue weighted by molar-refractivity contribution is 7.09. The highest BCUT2D eigenvalue weighted by atomic mass is 32.1. The van der Waals surface area contributed by atoms with Gasteiger partial charge in [-0.2, -0.15) is 9.47 Å². The Morgan fingerprint density at radius 2 is 2.43 bits per heavy atom. The van der Waals surface area contributed by atoms with Crippen molar-refractivity contribution in [2.75, 3.05) is 18.6 Å². The van der Waals surface area contributed by atoms with E-state index in [4.69, 9.17) is 4.74 Å². The van der Waals surface area contributed by atoms with Gasteiger partial charge in [0.1, 0.15) is 6.61 Å². The van der Waals surface area contributed by atoms with E-state index in [1.54, 1.807) is 19.4 Å². The molecule has 0 amide bonds. The Morgan fingerprint density at radius 1 is 1.52 bits per heavy atom. The summed E-state index contributed by atoms with van der Waals surface area (Å²) in [7, 11) is 1.63. The monoisotopic (exact) mass is 307 g/mol. The van der Waals surface area contributed by atoms with Crippen LogP contribution in [0.4, 0.5) is 5.13 Å². The van der Waals surface area contributed by atoms with Gasteiger partial charge >= 0.3 is 0 Å². The fraction of sp³-hybridized carbons (Fsp3) is 0.538. The van der Waals surface area contributed by atoms with E-state index in [0.717, 1.165) is 24.5 Å². The van der Waals surface area contributed by atoms with Crippen LogP contribution in [-0.4, -0.2) is 38.8 Å². The van der Waals surface area contributed by atoms with E-state index < -0.39 is 0 Å². The second kappa shape index (κ2) is 6.31. The van der Waals surface area contributed by atoms with E-state index in [1.807, 2.05) is 0 Å². The lowest BCUT2D eigenvalue weighted by Gasteiger charge is -2.23. The van der Waals surface area contributed by atoms with Crippen LogP contribution in [0.1, 0.15) is 18.7 Å². The van der Waals surface area contributed by atoms with Gasteiger partial charge in [-0.25, -0.2) is 9.67 Å². The SMILES string of the molecule is COCc1nsc(N2CCCC2Cn2ncccc2=O)n1. The molecule has 1 saturated heterocycles. The molecule has 2 aromatic rings. The number of ether oxygens (including phenoxy) is 1. The number of rotatable bonds is 5. The minimum absolute atomic E-state index is 0.0679. The van der Waals surface area contributed by atoms with Gasteiger partial charge in [-0.05, 0) is 18.9 Å². The van der Waals surface area contributed by atoms with E-state index in [1.165, 1.54) is 22.3 Å². The third-order valence-electron chi connectivity index (χ3n) is 3.52. The van der Waals surface area contributed by atoms with Crippen LogP contribution in [0.3, 0.4) is 0 Å². The highest BCUT2D eigenvalue weighted by Gasteiger charge is 2.28. The topological polar surface area (TPSA) is 73.1 Å². The molecule has 112 valence electrons. The number of nitrogens with zero attached hydrogens (tertiary/aromatic N) is 5. The van der Waals surface area contributed by atoms with Crippen LogP contribution in [0.5, 0.6) is 0 Å². The van der Waals surface area contributed by atoms with Crippen LogP contribution in [0.2, 0.25) is 0 Å². The van der Waals surface area contributed by atoms with Crippen molar-refractivity contribution in [3.05, 3.63) is 34.5 Å². The van der Waals surface area contributed by atoms with E-state index in [9.17, 15) is 4.79 Å². The number of anilines is 1. The maximum Gasteiger partial charge on any atom is 0.266 e. The third kappa shape index (κ3) is 3.11. The molecule has 2 aromatic heterocycles. The van der Waals surface area contributed by atoms with Crippen molar-refractivity contribution in [1.29, 1.82) is 0 Å². The molecule has 3 rings (SSSR count). The van der Waals surface area contributed by atoms with Crippen LogP contribution in [0.25, 0.3) is 0 Å². The van der Waals surface area contributed by atoms with Crippen molar-refractivity contribution in [1.82, 2.24) is 19.1 Å². The quantitative estimate of drug-likeness (QED) is 0.817. The van der Waals surface area contributed by atoms with Gasteiger partial charge in [0.05, 0.1) is 12.6 Å². The lowest BCUT2D eigenvalue weighted by Crippen LogP contribution is -2.36. The van der Waals surface area contributed by atoms with E-state index in [-0.39, 0.29) is 11.6 Å². The van der Waals surface area contributed by atoms with Gasteiger partial charge in [-0.3, -0.25) is 4.79 Å².